The molecule has 0 amide bonds. The van der Waals surface area contributed by atoms with E-state index in [0.717, 1.165) is 31.3 Å². The van der Waals surface area contributed by atoms with E-state index in [1.54, 1.807) is 0 Å². The van der Waals surface area contributed by atoms with Crippen molar-refractivity contribution >= 4 is 11.0 Å². The molecule has 2 N–H and O–H groups in total. The summed E-state index contributed by atoms with van der Waals surface area (Å²) >= 11 is 0. The molecule has 0 saturated heterocycles. The van der Waals surface area contributed by atoms with Crippen LogP contribution in [0.15, 0.2) is 24.3 Å². The Hall–Kier alpha value is -1.35. The summed E-state index contributed by atoms with van der Waals surface area (Å²) < 4.78 is 2.32. The first-order valence-corrected chi connectivity index (χ1v) is 7.33. The third kappa shape index (κ3) is 3.16. The van der Waals surface area contributed by atoms with Crippen LogP contribution in [-0.4, -0.2) is 15.6 Å². The molecule has 0 saturated carbocycles. The molecule has 0 aliphatic heterocycles. The van der Waals surface area contributed by atoms with Gasteiger partial charge < -0.3 is 10.3 Å². The first-order chi connectivity index (χ1) is 9.13. The Bertz CT molecular complexity index is 528. The summed E-state index contributed by atoms with van der Waals surface area (Å²) in [6.07, 6.45) is 3.20. The highest BCUT2D eigenvalue weighted by Crippen LogP contribution is 2.18. The normalized spacial score (nSPS) is 13.3. The number of para-hydroxylation sites is 2. The minimum absolute atomic E-state index is 0.305. The Kier molecular flexibility index (Phi) is 4.59. The SMILES string of the molecule is CCn1c(CCCC(N)C(C)C)nc2ccccc21. The number of rotatable bonds is 6. The van der Waals surface area contributed by atoms with Gasteiger partial charge in [-0.25, -0.2) is 4.98 Å². The minimum atomic E-state index is 0.305. The molecule has 1 aromatic heterocycles. The fraction of sp³-hybridized carbons (Fsp3) is 0.562. The molecule has 0 aliphatic carbocycles. The molecule has 0 radical (unpaired) electrons. The van der Waals surface area contributed by atoms with Gasteiger partial charge in [0.15, 0.2) is 0 Å². The summed E-state index contributed by atoms with van der Waals surface area (Å²) in [6, 6.07) is 8.67. The zero-order valence-corrected chi connectivity index (χ0v) is 12.3. The van der Waals surface area contributed by atoms with Gasteiger partial charge in [0.1, 0.15) is 5.82 Å². The van der Waals surface area contributed by atoms with Crippen LogP contribution in [0.3, 0.4) is 0 Å². The van der Waals surface area contributed by atoms with Crippen LogP contribution in [0, 0.1) is 5.92 Å². The van der Waals surface area contributed by atoms with Crippen molar-refractivity contribution < 1.29 is 0 Å². The molecule has 0 aliphatic rings. The maximum Gasteiger partial charge on any atom is 0.109 e. The Balaban J connectivity index is 2.08. The smallest absolute Gasteiger partial charge is 0.109 e. The van der Waals surface area contributed by atoms with Crippen molar-refractivity contribution in [3.8, 4) is 0 Å². The van der Waals surface area contributed by atoms with Crippen LogP contribution in [0.5, 0.6) is 0 Å². The predicted molar refractivity (Wildman–Crippen MR) is 81.2 cm³/mol. The second-order valence-electron chi connectivity index (χ2n) is 5.56. The molecule has 3 nitrogen and oxygen atoms in total. The molecule has 104 valence electrons. The number of hydrogen-bond donors (Lipinski definition) is 1. The molecule has 1 aromatic carbocycles. The summed E-state index contributed by atoms with van der Waals surface area (Å²) in [5.74, 6) is 1.75. The van der Waals surface area contributed by atoms with Crippen LogP contribution >= 0.6 is 0 Å². The van der Waals surface area contributed by atoms with Crippen molar-refractivity contribution in [3.63, 3.8) is 0 Å². The predicted octanol–water partition coefficient (Wildman–Crippen LogP) is 3.36. The van der Waals surface area contributed by atoms with Crippen LogP contribution in [0.25, 0.3) is 11.0 Å². The van der Waals surface area contributed by atoms with Gasteiger partial charge >= 0.3 is 0 Å². The highest BCUT2D eigenvalue weighted by atomic mass is 15.1. The van der Waals surface area contributed by atoms with E-state index in [9.17, 15) is 0 Å². The van der Waals surface area contributed by atoms with Gasteiger partial charge in [0.25, 0.3) is 0 Å². The molecule has 0 fully saturated rings. The van der Waals surface area contributed by atoms with E-state index in [2.05, 4.69) is 43.5 Å². The topological polar surface area (TPSA) is 43.8 Å². The fourth-order valence-corrected chi connectivity index (χ4v) is 2.50. The summed E-state index contributed by atoms with van der Waals surface area (Å²) in [5.41, 5.74) is 8.45. The molecule has 2 rings (SSSR count). The van der Waals surface area contributed by atoms with Crippen LogP contribution in [0.1, 0.15) is 39.4 Å². The first kappa shape index (κ1) is 14.1. The molecule has 1 atom stereocenters. The lowest BCUT2D eigenvalue weighted by atomic mass is 9.99. The highest BCUT2D eigenvalue weighted by Gasteiger charge is 2.11. The van der Waals surface area contributed by atoms with Crippen molar-refractivity contribution in [3.05, 3.63) is 30.1 Å². The lowest BCUT2D eigenvalue weighted by Gasteiger charge is -2.15. The second-order valence-corrected chi connectivity index (χ2v) is 5.56. The van der Waals surface area contributed by atoms with E-state index < -0.39 is 0 Å². The average Bonchev–Trinajstić information content (AvgIpc) is 2.75. The van der Waals surface area contributed by atoms with Crippen molar-refractivity contribution in [1.29, 1.82) is 0 Å². The van der Waals surface area contributed by atoms with Crippen LogP contribution in [-0.2, 0) is 13.0 Å². The lowest BCUT2D eigenvalue weighted by molar-refractivity contribution is 0.448. The van der Waals surface area contributed by atoms with E-state index in [4.69, 9.17) is 10.7 Å². The molecule has 0 bridgehead atoms. The second kappa shape index (κ2) is 6.20. The number of aryl methyl sites for hydroxylation is 2. The minimum Gasteiger partial charge on any atom is -0.328 e. The molecule has 3 heteroatoms. The molecule has 1 heterocycles. The Morgan fingerprint density at radius 3 is 2.68 bits per heavy atom. The zero-order valence-electron chi connectivity index (χ0n) is 12.3. The Morgan fingerprint density at radius 1 is 1.26 bits per heavy atom. The number of nitrogens with two attached hydrogens (primary N) is 1. The largest absolute Gasteiger partial charge is 0.328 e. The third-order valence-corrected chi connectivity index (χ3v) is 3.84. The number of hydrogen-bond acceptors (Lipinski definition) is 2. The van der Waals surface area contributed by atoms with Crippen molar-refractivity contribution in [2.75, 3.05) is 0 Å². The summed E-state index contributed by atoms with van der Waals surface area (Å²) in [7, 11) is 0. The van der Waals surface area contributed by atoms with Gasteiger partial charge in [-0.1, -0.05) is 26.0 Å². The molecular weight excluding hydrogens is 234 g/mol. The van der Waals surface area contributed by atoms with Gasteiger partial charge in [0.05, 0.1) is 11.0 Å². The lowest BCUT2D eigenvalue weighted by Crippen LogP contribution is -2.26. The van der Waals surface area contributed by atoms with Crippen LogP contribution in [0.2, 0.25) is 0 Å². The molecule has 19 heavy (non-hydrogen) atoms. The van der Waals surface area contributed by atoms with E-state index >= 15 is 0 Å². The average molecular weight is 259 g/mol. The Morgan fingerprint density at radius 2 is 2.00 bits per heavy atom. The van der Waals surface area contributed by atoms with Crippen molar-refractivity contribution in [2.24, 2.45) is 11.7 Å². The number of benzene rings is 1. The number of nitrogens with zero attached hydrogens (tertiary/aromatic N) is 2. The summed E-state index contributed by atoms with van der Waals surface area (Å²) in [4.78, 5) is 4.75. The van der Waals surface area contributed by atoms with Crippen molar-refractivity contribution in [2.45, 2.75) is 52.6 Å². The molecule has 0 spiro atoms. The van der Waals surface area contributed by atoms with Crippen LogP contribution < -0.4 is 5.73 Å². The maximum atomic E-state index is 6.10. The number of aromatic nitrogens is 2. The van der Waals surface area contributed by atoms with Gasteiger partial charge in [0, 0.05) is 19.0 Å². The zero-order chi connectivity index (χ0) is 13.8. The fourth-order valence-electron chi connectivity index (χ4n) is 2.50. The van der Waals surface area contributed by atoms with E-state index in [1.807, 2.05) is 6.07 Å². The molecule has 1 unspecified atom stereocenters. The van der Waals surface area contributed by atoms with Gasteiger partial charge in [-0.2, -0.15) is 0 Å². The maximum absolute atomic E-state index is 6.10. The summed E-state index contributed by atoms with van der Waals surface area (Å²) in [6.45, 7) is 7.53. The standard InChI is InChI=1S/C16H25N3/c1-4-19-15-10-6-5-9-14(15)18-16(19)11-7-8-13(17)12(2)3/h5-6,9-10,12-13H,4,7-8,11,17H2,1-3H3. The number of imidazole rings is 1. The third-order valence-electron chi connectivity index (χ3n) is 3.84. The van der Waals surface area contributed by atoms with Crippen molar-refractivity contribution in [1.82, 2.24) is 9.55 Å². The highest BCUT2D eigenvalue weighted by molar-refractivity contribution is 5.75. The number of fused-ring (bicyclic) bond motifs is 1. The van der Waals surface area contributed by atoms with E-state index in [-0.39, 0.29) is 0 Å². The first-order valence-electron chi connectivity index (χ1n) is 7.33. The Labute approximate surface area is 115 Å². The molecule has 2 aromatic rings. The van der Waals surface area contributed by atoms with Gasteiger partial charge in [-0.05, 0) is 37.8 Å². The summed E-state index contributed by atoms with van der Waals surface area (Å²) in [5, 5.41) is 0. The van der Waals surface area contributed by atoms with E-state index in [1.165, 1.54) is 11.3 Å². The van der Waals surface area contributed by atoms with Gasteiger partial charge in [-0.15, -0.1) is 0 Å². The molecular formula is C16H25N3. The van der Waals surface area contributed by atoms with Gasteiger partial charge in [0.2, 0.25) is 0 Å². The quantitative estimate of drug-likeness (QED) is 0.864. The van der Waals surface area contributed by atoms with E-state index in [0.29, 0.717) is 12.0 Å². The van der Waals surface area contributed by atoms with Gasteiger partial charge in [-0.3, -0.25) is 0 Å². The van der Waals surface area contributed by atoms with Crippen LogP contribution in [0.4, 0.5) is 0 Å². The monoisotopic (exact) mass is 259 g/mol.